The Kier molecular flexibility index (Phi) is 2.25. The molecule has 0 unspecified atom stereocenters. The fourth-order valence-corrected chi connectivity index (χ4v) is 2.85. The van der Waals surface area contributed by atoms with E-state index in [0.717, 1.165) is 26.1 Å². The zero-order valence-electron chi connectivity index (χ0n) is 10.0. The van der Waals surface area contributed by atoms with Crippen LogP contribution in [0.15, 0.2) is 18.2 Å². The summed E-state index contributed by atoms with van der Waals surface area (Å²) in [5.74, 6) is 0. The second kappa shape index (κ2) is 3.63. The SMILES string of the molecule is CCn1c2c(c3ccc(C)cc31)CNCC2. The molecule has 0 bridgehead atoms. The fourth-order valence-electron chi connectivity index (χ4n) is 2.85. The largest absolute Gasteiger partial charge is 0.344 e. The molecule has 1 aliphatic heterocycles. The van der Waals surface area contributed by atoms with E-state index in [1.807, 2.05) is 0 Å². The molecule has 1 aliphatic rings. The summed E-state index contributed by atoms with van der Waals surface area (Å²) in [6.45, 7) is 7.63. The molecule has 2 heteroatoms. The molecule has 3 rings (SSSR count). The number of hydrogen-bond donors (Lipinski definition) is 1. The van der Waals surface area contributed by atoms with Crippen LogP contribution >= 0.6 is 0 Å². The average molecular weight is 214 g/mol. The van der Waals surface area contributed by atoms with E-state index in [1.165, 1.54) is 22.0 Å². The van der Waals surface area contributed by atoms with E-state index in [1.54, 1.807) is 5.69 Å². The number of aryl methyl sites for hydroxylation is 2. The maximum absolute atomic E-state index is 3.47. The molecule has 0 atom stereocenters. The first kappa shape index (κ1) is 9.91. The topological polar surface area (TPSA) is 17.0 Å². The van der Waals surface area contributed by atoms with Gasteiger partial charge in [0.1, 0.15) is 0 Å². The van der Waals surface area contributed by atoms with Crippen molar-refractivity contribution >= 4 is 10.9 Å². The maximum atomic E-state index is 3.47. The van der Waals surface area contributed by atoms with Crippen molar-refractivity contribution in [1.29, 1.82) is 0 Å². The van der Waals surface area contributed by atoms with Gasteiger partial charge < -0.3 is 9.88 Å². The van der Waals surface area contributed by atoms with Crippen LogP contribution in [0.3, 0.4) is 0 Å². The first-order valence-corrected chi connectivity index (χ1v) is 6.12. The third kappa shape index (κ3) is 1.30. The lowest BCUT2D eigenvalue weighted by atomic mass is 10.1. The number of hydrogen-bond acceptors (Lipinski definition) is 1. The molecule has 1 aromatic carbocycles. The maximum Gasteiger partial charge on any atom is 0.0488 e. The van der Waals surface area contributed by atoms with E-state index in [0.29, 0.717) is 0 Å². The number of nitrogens with zero attached hydrogens (tertiary/aromatic N) is 1. The number of fused-ring (bicyclic) bond motifs is 3. The van der Waals surface area contributed by atoms with Crippen LogP contribution in [0.25, 0.3) is 10.9 Å². The van der Waals surface area contributed by atoms with Crippen molar-refractivity contribution in [1.82, 2.24) is 9.88 Å². The molecule has 0 spiro atoms. The Balaban J connectivity index is 2.37. The number of benzene rings is 1. The van der Waals surface area contributed by atoms with Crippen molar-refractivity contribution in [2.45, 2.75) is 33.4 Å². The van der Waals surface area contributed by atoms with Crippen molar-refractivity contribution < 1.29 is 0 Å². The second-order valence-electron chi connectivity index (χ2n) is 4.62. The molecule has 0 radical (unpaired) electrons. The van der Waals surface area contributed by atoms with Crippen molar-refractivity contribution in [2.24, 2.45) is 0 Å². The lowest BCUT2D eigenvalue weighted by molar-refractivity contribution is 0.606. The molecule has 0 saturated heterocycles. The highest BCUT2D eigenvalue weighted by atomic mass is 15.0. The molecule has 2 nitrogen and oxygen atoms in total. The predicted molar refractivity (Wildman–Crippen MR) is 67.8 cm³/mol. The van der Waals surface area contributed by atoms with Gasteiger partial charge in [0.2, 0.25) is 0 Å². The second-order valence-corrected chi connectivity index (χ2v) is 4.62. The summed E-state index contributed by atoms with van der Waals surface area (Å²) in [7, 11) is 0. The van der Waals surface area contributed by atoms with Crippen LogP contribution in [0, 0.1) is 6.92 Å². The normalized spacial score (nSPS) is 15.4. The zero-order chi connectivity index (χ0) is 11.1. The van der Waals surface area contributed by atoms with Gasteiger partial charge in [-0.2, -0.15) is 0 Å². The Hall–Kier alpha value is -1.28. The van der Waals surface area contributed by atoms with Gasteiger partial charge >= 0.3 is 0 Å². The van der Waals surface area contributed by atoms with E-state index < -0.39 is 0 Å². The van der Waals surface area contributed by atoms with Crippen LogP contribution in [0.4, 0.5) is 0 Å². The molecular formula is C14H18N2. The Morgan fingerprint density at radius 2 is 2.25 bits per heavy atom. The summed E-state index contributed by atoms with van der Waals surface area (Å²) in [5, 5.41) is 4.91. The van der Waals surface area contributed by atoms with Gasteiger partial charge in [-0.05, 0) is 31.0 Å². The van der Waals surface area contributed by atoms with Crippen molar-refractivity contribution in [3.63, 3.8) is 0 Å². The van der Waals surface area contributed by atoms with E-state index in [-0.39, 0.29) is 0 Å². The van der Waals surface area contributed by atoms with Crippen LogP contribution in [0.2, 0.25) is 0 Å². The quantitative estimate of drug-likeness (QED) is 0.772. The van der Waals surface area contributed by atoms with Crippen molar-refractivity contribution in [2.75, 3.05) is 6.54 Å². The molecule has 16 heavy (non-hydrogen) atoms. The minimum atomic E-state index is 1.03. The first-order chi connectivity index (χ1) is 7.81. The molecule has 2 heterocycles. The Labute approximate surface area is 96.3 Å². The average Bonchev–Trinajstić information content (AvgIpc) is 2.61. The predicted octanol–water partition coefficient (Wildman–Crippen LogP) is 2.62. The summed E-state index contributed by atoms with van der Waals surface area (Å²) in [6.07, 6.45) is 1.16. The van der Waals surface area contributed by atoms with E-state index >= 15 is 0 Å². The van der Waals surface area contributed by atoms with Crippen molar-refractivity contribution in [3.8, 4) is 0 Å². The molecule has 84 valence electrons. The zero-order valence-corrected chi connectivity index (χ0v) is 10.0. The van der Waals surface area contributed by atoms with Crippen LogP contribution < -0.4 is 5.32 Å². The van der Waals surface area contributed by atoms with E-state index in [4.69, 9.17) is 0 Å². The summed E-state index contributed by atoms with van der Waals surface area (Å²) in [4.78, 5) is 0. The van der Waals surface area contributed by atoms with Gasteiger partial charge in [-0.15, -0.1) is 0 Å². The Bertz CT molecular complexity index is 537. The molecule has 0 amide bonds. The highest BCUT2D eigenvalue weighted by Gasteiger charge is 2.18. The molecule has 0 aliphatic carbocycles. The summed E-state index contributed by atoms with van der Waals surface area (Å²) >= 11 is 0. The highest BCUT2D eigenvalue weighted by Crippen LogP contribution is 2.29. The van der Waals surface area contributed by atoms with Gasteiger partial charge in [0.15, 0.2) is 0 Å². The lowest BCUT2D eigenvalue weighted by Gasteiger charge is -2.15. The van der Waals surface area contributed by atoms with Crippen LogP contribution in [-0.2, 0) is 19.5 Å². The van der Waals surface area contributed by atoms with Crippen LogP contribution in [0.1, 0.15) is 23.7 Å². The third-order valence-corrected chi connectivity index (χ3v) is 3.60. The number of rotatable bonds is 1. The van der Waals surface area contributed by atoms with Crippen LogP contribution in [0.5, 0.6) is 0 Å². The third-order valence-electron chi connectivity index (χ3n) is 3.60. The van der Waals surface area contributed by atoms with E-state index in [2.05, 4.69) is 41.9 Å². The molecule has 0 saturated carbocycles. The Morgan fingerprint density at radius 1 is 1.38 bits per heavy atom. The van der Waals surface area contributed by atoms with Gasteiger partial charge in [0.25, 0.3) is 0 Å². The van der Waals surface area contributed by atoms with Gasteiger partial charge in [-0.3, -0.25) is 0 Å². The fraction of sp³-hybridized carbons (Fsp3) is 0.429. The minimum Gasteiger partial charge on any atom is -0.344 e. The van der Waals surface area contributed by atoms with Crippen LogP contribution in [-0.4, -0.2) is 11.1 Å². The van der Waals surface area contributed by atoms with Crippen molar-refractivity contribution in [3.05, 3.63) is 35.0 Å². The molecule has 0 fully saturated rings. The number of aromatic nitrogens is 1. The number of nitrogens with one attached hydrogen (secondary N) is 1. The Morgan fingerprint density at radius 3 is 3.06 bits per heavy atom. The van der Waals surface area contributed by atoms with Gasteiger partial charge in [0, 0.05) is 42.7 Å². The van der Waals surface area contributed by atoms with Gasteiger partial charge in [-0.25, -0.2) is 0 Å². The minimum absolute atomic E-state index is 1.03. The summed E-state index contributed by atoms with van der Waals surface area (Å²) in [5.41, 5.74) is 5.83. The van der Waals surface area contributed by atoms with Gasteiger partial charge in [-0.1, -0.05) is 12.1 Å². The smallest absolute Gasteiger partial charge is 0.0488 e. The lowest BCUT2D eigenvalue weighted by Crippen LogP contribution is -2.24. The first-order valence-electron chi connectivity index (χ1n) is 6.12. The van der Waals surface area contributed by atoms with E-state index in [9.17, 15) is 0 Å². The molecule has 1 N–H and O–H groups in total. The molecule has 2 aromatic rings. The highest BCUT2D eigenvalue weighted by molar-refractivity contribution is 5.86. The molecular weight excluding hydrogens is 196 g/mol. The summed E-state index contributed by atoms with van der Waals surface area (Å²) < 4.78 is 2.48. The van der Waals surface area contributed by atoms with Gasteiger partial charge in [0.05, 0.1) is 0 Å². The monoisotopic (exact) mass is 214 g/mol. The molecule has 1 aromatic heterocycles. The standard InChI is InChI=1S/C14H18N2/c1-3-16-13-6-7-15-9-12(13)11-5-4-10(2)8-14(11)16/h4-5,8,15H,3,6-7,9H2,1-2H3. The summed E-state index contributed by atoms with van der Waals surface area (Å²) in [6, 6.07) is 6.82.